The van der Waals surface area contributed by atoms with Crippen LogP contribution in [0.5, 0.6) is 0 Å². The van der Waals surface area contributed by atoms with Gasteiger partial charge in [0.1, 0.15) is 0 Å². The molecule has 0 aromatic heterocycles. The second-order valence-electron chi connectivity index (χ2n) is 10.9. The number of hydrogen-bond donors (Lipinski definition) is 0. The molecular weight excluding hydrogens is 528 g/mol. The van der Waals surface area contributed by atoms with E-state index in [1.165, 1.54) is 50.2 Å². The third kappa shape index (κ3) is 7.08. The summed E-state index contributed by atoms with van der Waals surface area (Å²) in [6, 6.07) is 0. The first-order valence-electron chi connectivity index (χ1n) is 11.2. The van der Waals surface area contributed by atoms with Gasteiger partial charge in [0.15, 0.2) is 0 Å². The van der Waals surface area contributed by atoms with Crippen LogP contribution in [0, 0.1) is 71.8 Å². The molecule has 0 nitrogen and oxygen atoms in total. The monoisotopic (exact) mass is 571 g/mol. The van der Waals surface area contributed by atoms with Crippen LogP contribution in [0.15, 0.2) is 50.2 Å². The summed E-state index contributed by atoms with van der Waals surface area (Å²) in [5, 5.41) is 0. The summed E-state index contributed by atoms with van der Waals surface area (Å²) < 4.78 is 0. The molecule has 0 bridgehead atoms. The van der Waals surface area contributed by atoms with E-state index in [-0.39, 0.29) is 53.6 Å². The van der Waals surface area contributed by atoms with Crippen LogP contribution in [0.25, 0.3) is 0 Å². The van der Waals surface area contributed by atoms with E-state index in [0.717, 1.165) is 0 Å². The minimum atomic E-state index is 0. The van der Waals surface area contributed by atoms with Crippen LogP contribution in [0.4, 0.5) is 0 Å². The van der Waals surface area contributed by atoms with Gasteiger partial charge in [-0.3, -0.25) is 18.2 Å². The molecule has 0 aromatic rings. The summed E-state index contributed by atoms with van der Waals surface area (Å²) in [4.78, 5) is 0. The minimum Gasteiger partial charge on any atom is -0.263 e. The standard InChI is InChI=1S/3C10H15.Er/c3*1-7-6-10(4,5)9(3)8(7)2;/h3*1-5H3;/q3*-1;+3. The van der Waals surface area contributed by atoms with Crippen LogP contribution >= 0.6 is 0 Å². The third-order valence-electron chi connectivity index (χ3n) is 7.69. The van der Waals surface area contributed by atoms with E-state index in [2.05, 4.69) is 122 Å². The average Bonchev–Trinajstić information content (AvgIpc) is 2.99. The molecule has 0 aromatic carbocycles. The second kappa shape index (κ2) is 10.7. The van der Waals surface area contributed by atoms with Gasteiger partial charge in [-0.2, -0.15) is 33.4 Å². The molecule has 0 aliphatic heterocycles. The van der Waals surface area contributed by atoms with Crippen LogP contribution < -0.4 is 0 Å². The van der Waals surface area contributed by atoms with Crippen molar-refractivity contribution >= 4 is 0 Å². The molecule has 0 heterocycles. The predicted molar refractivity (Wildman–Crippen MR) is 134 cm³/mol. The van der Waals surface area contributed by atoms with Crippen molar-refractivity contribution in [2.75, 3.05) is 0 Å². The molecule has 3 aliphatic carbocycles. The van der Waals surface area contributed by atoms with E-state index in [4.69, 9.17) is 0 Å². The van der Waals surface area contributed by atoms with E-state index in [0.29, 0.717) is 0 Å². The number of rotatable bonds is 0. The van der Waals surface area contributed by atoms with Crippen molar-refractivity contribution in [3.05, 3.63) is 68.4 Å². The van der Waals surface area contributed by atoms with Gasteiger partial charge in [-0.1, -0.05) is 99.3 Å². The third-order valence-corrected chi connectivity index (χ3v) is 7.69. The van der Waals surface area contributed by atoms with Crippen LogP contribution in [-0.2, 0) is 0 Å². The Morgan fingerprint density at radius 1 is 0.387 bits per heavy atom. The maximum absolute atomic E-state index is 3.44. The smallest absolute Gasteiger partial charge is 0.263 e. The van der Waals surface area contributed by atoms with Gasteiger partial charge in [-0.05, 0) is 0 Å². The molecular formula is C30H45Er. The molecule has 0 fully saturated rings. The Bertz CT molecular complexity index is 768. The van der Waals surface area contributed by atoms with Gasteiger partial charge >= 0.3 is 37.3 Å². The summed E-state index contributed by atoms with van der Waals surface area (Å²) in [7, 11) is 0. The van der Waals surface area contributed by atoms with Crippen molar-refractivity contribution in [1.82, 2.24) is 0 Å². The van der Waals surface area contributed by atoms with Gasteiger partial charge in [-0.25, -0.2) is 16.7 Å². The topological polar surface area (TPSA) is 0 Å². The van der Waals surface area contributed by atoms with Crippen molar-refractivity contribution in [3.8, 4) is 0 Å². The van der Waals surface area contributed by atoms with E-state index in [1.807, 2.05) is 0 Å². The molecule has 1 radical (unpaired) electrons. The largest absolute Gasteiger partial charge is 3.00 e. The van der Waals surface area contributed by atoms with Crippen LogP contribution in [0.3, 0.4) is 0 Å². The number of hydrogen-bond acceptors (Lipinski definition) is 0. The maximum Gasteiger partial charge on any atom is 3.00 e. The zero-order valence-corrected chi connectivity index (χ0v) is 24.6. The first-order chi connectivity index (χ1) is 13.3. The second-order valence-corrected chi connectivity index (χ2v) is 10.9. The molecule has 0 unspecified atom stereocenters. The molecule has 0 spiro atoms. The molecule has 0 atom stereocenters. The zero-order chi connectivity index (χ0) is 23.8. The Morgan fingerprint density at radius 3 is 0.581 bits per heavy atom. The molecule has 0 saturated heterocycles. The quantitative estimate of drug-likeness (QED) is 0.254. The van der Waals surface area contributed by atoms with Gasteiger partial charge < -0.3 is 0 Å². The van der Waals surface area contributed by atoms with Crippen molar-refractivity contribution < 1.29 is 37.3 Å². The van der Waals surface area contributed by atoms with Crippen molar-refractivity contribution in [2.45, 2.75) is 104 Å². The van der Waals surface area contributed by atoms with Crippen LogP contribution in [0.1, 0.15) is 104 Å². The summed E-state index contributed by atoms with van der Waals surface area (Å²) in [6.07, 6.45) is 10.3. The Balaban J connectivity index is 0.000000429. The molecule has 1 heteroatoms. The van der Waals surface area contributed by atoms with E-state index in [9.17, 15) is 0 Å². The summed E-state index contributed by atoms with van der Waals surface area (Å²) in [5.41, 5.74) is 13.2. The fraction of sp³-hybridized carbons (Fsp3) is 0.600. The van der Waals surface area contributed by atoms with Gasteiger partial charge in [-0.15, -0.1) is 20.8 Å². The van der Waals surface area contributed by atoms with Crippen molar-refractivity contribution in [2.24, 2.45) is 16.2 Å². The zero-order valence-electron chi connectivity index (χ0n) is 22.8. The van der Waals surface area contributed by atoms with Crippen molar-refractivity contribution in [3.63, 3.8) is 0 Å². The maximum atomic E-state index is 3.44. The minimum absolute atomic E-state index is 0. The Labute approximate surface area is 224 Å². The molecule has 177 valence electrons. The van der Waals surface area contributed by atoms with Gasteiger partial charge in [0.25, 0.3) is 0 Å². The van der Waals surface area contributed by atoms with Gasteiger partial charge in [0.2, 0.25) is 0 Å². The molecule has 0 N–H and O–H groups in total. The van der Waals surface area contributed by atoms with Gasteiger partial charge in [0.05, 0.1) is 0 Å². The van der Waals surface area contributed by atoms with E-state index >= 15 is 0 Å². The SMILES string of the molecule is CC1=[C-]C(C)(C)C(C)=C1C.CC1=[C-]C(C)(C)C(C)=C1C.CC1=[C-]C(C)(C)C(C)=C1C.[Er+3]. The molecule has 0 saturated carbocycles. The van der Waals surface area contributed by atoms with Gasteiger partial charge in [0, 0.05) is 0 Å². The molecule has 0 amide bonds. The Hall–Kier alpha value is -0.313. The van der Waals surface area contributed by atoms with Crippen LogP contribution in [-0.4, -0.2) is 0 Å². The first kappa shape index (κ1) is 30.7. The molecule has 3 rings (SSSR count). The summed E-state index contributed by atoms with van der Waals surface area (Å²) in [6.45, 7) is 32.8. The molecule has 3 aliphatic rings. The average molecular weight is 573 g/mol. The van der Waals surface area contributed by atoms with Crippen molar-refractivity contribution in [1.29, 1.82) is 0 Å². The molecule has 31 heavy (non-hydrogen) atoms. The first-order valence-corrected chi connectivity index (χ1v) is 11.2. The predicted octanol–water partition coefficient (Wildman–Crippen LogP) is 9.34. The normalized spacial score (nSPS) is 22.7. The Morgan fingerprint density at radius 2 is 0.548 bits per heavy atom. The summed E-state index contributed by atoms with van der Waals surface area (Å²) >= 11 is 0. The number of allylic oxidation sites excluding steroid dienone is 12. The fourth-order valence-corrected chi connectivity index (χ4v) is 4.22. The van der Waals surface area contributed by atoms with E-state index in [1.54, 1.807) is 0 Å². The summed E-state index contributed by atoms with van der Waals surface area (Å²) in [5.74, 6) is 0. The fourth-order valence-electron chi connectivity index (χ4n) is 4.22. The van der Waals surface area contributed by atoms with E-state index < -0.39 is 0 Å². The Kier molecular flexibility index (Phi) is 10.6. The van der Waals surface area contributed by atoms with Crippen LogP contribution in [0.2, 0.25) is 0 Å².